The highest BCUT2D eigenvalue weighted by molar-refractivity contribution is 8.00. The minimum Gasteiger partial charge on any atom is -0.497 e. The molecule has 2 atom stereocenters. The summed E-state index contributed by atoms with van der Waals surface area (Å²) < 4.78 is 17.7. The van der Waals surface area contributed by atoms with Gasteiger partial charge in [-0.2, -0.15) is 9.36 Å². The third kappa shape index (κ3) is 8.84. The zero-order chi connectivity index (χ0) is 45.7. The summed E-state index contributed by atoms with van der Waals surface area (Å²) in [5, 5.41) is 12.9. The Morgan fingerprint density at radius 1 is 0.896 bits per heavy atom. The topological polar surface area (TPSA) is 162 Å². The van der Waals surface area contributed by atoms with E-state index < -0.39 is 34.7 Å². The van der Waals surface area contributed by atoms with Crippen LogP contribution in [0.25, 0.3) is 10.9 Å². The Kier molecular flexibility index (Phi) is 12.7. The van der Waals surface area contributed by atoms with Crippen LogP contribution in [0.2, 0.25) is 0 Å². The van der Waals surface area contributed by atoms with Crippen molar-refractivity contribution in [1.29, 1.82) is 0 Å². The molecule has 7 aromatic rings. The van der Waals surface area contributed by atoms with E-state index in [-0.39, 0.29) is 29.9 Å². The molecule has 2 aliphatic heterocycles. The number of carbonyl (C=O) groups is 3. The summed E-state index contributed by atoms with van der Waals surface area (Å²) in [6, 6.07) is 36.5. The van der Waals surface area contributed by atoms with E-state index in [0.29, 0.717) is 22.2 Å². The minimum absolute atomic E-state index is 0.0228. The molecule has 10 rings (SSSR count). The highest BCUT2D eigenvalue weighted by Crippen LogP contribution is 2.43. The van der Waals surface area contributed by atoms with Crippen LogP contribution >= 0.6 is 34.6 Å². The number of amides is 2. The molecule has 17 heteroatoms. The van der Waals surface area contributed by atoms with Crippen molar-refractivity contribution in [2.45, 2.75) is 55.3 Å². The maximum atomic E-state index is 14.5. The van der Waals surface area contributed by atoms with Gasteiger partial charge in [0.05, 0.1) is 19.0 Å². The number of carbonyl (C=O) groups excluding carboxylic acids is 3. The zero-order valence-electron chi connectivity index (χ0n) is 36.2. The monoisotopic (exact) mass is 948 g/mol. The zero-order valence-corrected chi connectivity index (χ0v) is 38.6. The van der Waals surface area contributed by atoms with Crippen LogP contribution in [0.5, 0.6) is 5.75 Å². The molecule has 1 saturated heterocycles. The summed E-state index contributed by atoms with van der Waals surface area (Å²) in [4.78, 5) is 60.4. The maximum absolute atomic E-state index is 14.5. The second kappa shape index (κ2) is 19.4. The third-order valence-electron chi connectivity index (χ3n) is 12.0. The van der Waals surface area contributed by atoms with Gasteiger partial charge in [-0.25, -0.2) is 9.78 Å². The molecule has 3 aliphatic rings. The van der Waals surface area contributed by atoms with E-state index in [1.165, 1.54) is 16.7 Å². The second-order valence-corrected chi connectivity index (χ2v) is 18.8. The average Bonchev–Trinajstić information content (AvgIpc) is 4.23. The summed E-state index contributed by atoms with van der Waals surface area (Å²) in [7, 11) is 1.58. The van der Waals surface area contributed by atoms with Crippen molar-refractivity contribution >= 4 is 74.2 Å². The van der Waals surface area contributed by atoms with Crippen molar-refractivity contribution in [1.82, 2.24) is 29.0 Å². The molecule has 338 valence electrons. The lowest BCUT2D eigenvalue weighted by Crippen LogP contribution is -2.71. The number of methoxy groups -OCH3 is 1. The van der Waals surface area contributed by atoms with E-state index in [0.717, 1.165) is 70.0 Å². The van der Waals surface area contributed by atoms with Crippen LogP contribution in [0.3, 0.4) is 0 Å². The molecule has 0 unspecified atom stereocenters. The Balaban J connectivity index is 0.933. The summed E-state index contributed by atoms with van der Waals surface area (Å²) in [6.45, 7) is -0.0228. The van der Waals surface area contributed by atoms with Crippen molar-refractivity contribution in [2.24, 2.45) is 5.16 Å². The number of imidazole rings is 1. The fraction of sp³-hybridized carbons (Fsp3) is 0.220. The first-order valence-corrected chi connectivity index (χ1v) is 24.5. The Morgan fingerprint density at radius 3 is 2.22 bits per heavy atom. The lowest BCUT2D eigenvalue weighted by Gasteiger charge is -2.49. The lowest BCUT2D eigenvalue weighted by molar-refractivity contribution is -0.153. The molecule has 0 bridgehead atoms. The molecule has 14 nitrogen and oxygen atoms in total. The van der Waals surface area contributed by atoms with E-state index >= 15 is 0 Å². The van der Waals surface area contributed by atoms with Gasteiger partial charge >= 0.3 is 5.97 Å². The quantitative estimate of drug-likeness (QED) is 0.0315. The second-order valence-electron chi connectivity index (χ2n) is 16.1. The fourth-order valence-electron chi connectivity index (χ4n) is 8.57. The molecule has 0 radical (unpaired) electrons. The van der Waals surface area contributed by atoms with Crippen molar-refractivity contribution in [3.63, 3.8) is 0 Å². The number of rotatable bonds is 16. The highest BCUT2D eigenvalue weighted by Gasteiger charge is 2.54. The van der Waals surface area contributed by atoms with Crippen LogP contribution in [-0.2, 0) is 36.1 Å². The Bertz CT molecular complexity index is 2890. The Labute approximate surface area is 398 Å². The first-order chi connectivity index (χ1) is 32.9. The number of nitrogens with one attached hydrogen (secondary N) is 2. The summed E-state index contributed by atoms with van der Waals surface area (Å²) in [5.74, 6) is -0.726. The minimum atomic E-state index is -0.996. The number of benzene rings is 4. The van der Waals surface area contributed by atoms with E-state index in [1.807, 2.05) is 88.7 Å². The number of hydrogen-bond acceptors (Lipinski definition) is 14. The standard InChI is InChI=1S/C50H44N8O6S3/c1-62-38-25-21-32(22-26-38)28-63-48(61)43-33(23-24-37-30-65-40-27-51-31-57(37)40)29-66-47-42(46(60)58(43)47)52-45(59)41(55-64-39-19-11-12-20-39)44-53-49(67-56-44)54-50(34-13-5-2-6-14-34,35-15-7-3-8-16-35)36-17-9-4-10-18-36/h2-10,13-18,21-27,30-31,39,42,47H,11-12,19-20,28-29H2,1H3,(H,52,59)(H,53,54,56)/b24-23?,55-41-/t42-,47-/m1/s1. The number of aromatic nitrogens is 4. The number of hydrogen-bond donors (Lipinski definition) is 2. The van der Waals surface area contributed by atoms with Gasteiger partial charge in [-0.1, -0.05) is 114 Å². The number of allylic oxidation sites excluding steroid dienone is 1. The van der Waals surface area contributed by atoms with Gasteiger partial charge in [0.2, 0.25) is 16.7 Å². The van der Waals surface area contributed by atoms with Crippen LogP contribution < -0.4 is 15.4 Å². The van der Waals surface area contributed by atoms with Crippen molar-refractivity contribution in [2.75, 3.05) is 18.2 Å². The van der Waals surface area contributed by atoms with Crippen LogP contribution in [0.1, 0.15) is 59.5 Å². The van der Waals surface area contributed by atoms with Gasteiger partial charge in [0.25, 0.3) is 11.8 Å². The summed E-state index contributed by atoms with van der Waals surface area (Å²) in [5.41, 5.74) is 4.20. The van der Waals surface area contributed by atoms with E-state index in [9.17, 15) is 14.4 Å². The van der Waals surface area contributed by atoms with Crippen LogP contribution in [0.15, 0.2) is 156 Å². The number of esters is 1. The molecule has 1 aliphatic carbocycles. The normalized spacial score (nSPS) is 17.7. The number of nitrogens with zero attached hydrogens (tertiary/aromatic N) is 6. The van der Waals surface area contributed by atoms with E-state index in [2.05, 4.69) is 61.5 Å². The predicted molar refractivity (Wildman–Crippen MR) is 260 cm³/mol. The number of thioether (sulfide) groups is 1. The highest BCUT2D eigenvalue weighted by atomic mass is 32.2. The lowest BCUT2D eigenvalue weighted by atomic mass is 9.77. The fourth-order valence-corrected chi connectivity index (χ4v) is 11.3. The van der Waals surface area contributed by atoms with Crippen molar-refractivity contribution < 1.29 is 28.7 Å². The predicted octanol–water partition coefficient (Wildman–Crippen LogP) is 8.43. The molecule has 5 heterocycles. The van der Waals surface area contributed by atoms with Gasteiger partial charge in [-0.05, 0) is 71.7 Å². The van der Waals surface area contributed by atoms with Gasteiger partial charge in [0.15, 0.2) is 0 Å². The van der Waals surface area contributed by atoms with E-state index in [4.69, 9.17) is 19.3 Å². The number of fused-ring (bicyclic) bond motifs is 2. The number of anilines is 1. The van der Waals surface area contributed by atoms with Gasteiger partial charge in [0, 0.05) is 22.7 Å². The number of thiazole rings is 1. The maximum Gasteiger partial charge on any atom is 0.355 e. The van der Waals surface area contributed by atoms with Crippen LogP contribution in [0.4, 0.5) is 5.13 Å². The van der Waals surface area contributed by atoms with Crippen LogP contribution in [-0.4, -0.2) is 77.5 Å². The van der Waals surface area contributed by atoms with Crippen molar-refractivity contribution in [3.8, 4) is 5.75 Å². The Morgan fingerprint density at radius 2 is 1.57 bits per heavy atom. The molecule has 2 N–H and O–H groups in total. The first-order valence-electron chi connectivity index (χ1n) is 21.8. The molecule has 4 aromatic carbocycles. The van der Waals surface area contributed by atoms with Crippen molar-refractivity contribution in [3.05, 3.63) is 184 Å². The van der Waals surface area contributed by atoms with E-state index in [1.54, 1.807) is 43.1 Å². The van der Waals surface area contributed by atoms with Crippen LogP contribution in [0, 0.1) is 0 Å². The SMILES string of the molecule is COc1ccc(COC(=O)C2=C(C=Cc3csc4cncn34)CS[C@@H]3[C@H](NC(=O)/C(=N\OC4CCCC4)c4nsc(NC(c5ccccc5)(c5ccccc5)c5ccccc5)n4)C(=O)N23)cc1. The first kappa shape index (κ1) is 43.8. The van der Waals surface area contributed by atoms with Gasteiger partial charge in [0.1, 0.15) is 52.3 Å². The number of ether oxygens (including phenoxy) is 2. The smallest absolute Gasteiger partial charge is 0.355 e. The molecule has 0 spiro atoms. The number of oxime groups is 1. The summed E-state index contributed by atoms with van der Waals surface area (Å²) >= 11 is 4.07. The number of β-lactam (4-membered cyclic amide) rings is 1. The van der Waals surface area contributed by atoms with Gasteiger partial charge < -0.3 is 24.9 Å². The molecular formula is C50H44N8O6S3. The van der Waals surface area contributed by atoms with Gasteiger partial charge in [-0.3, -0.25) is 18.9 Å². The molecule has 2 amide bonds. The summed E-state index contributed by atoms with van der Waals surface area (Å²) in [6.07, 6.45) is 10.7. The third-order valence-corrected chi connectivity index (χ3v) is 14.8. The largest absolute Gasteiger partial charge is 0.497 e. The molecular weight excluding hydrogens is 905 g/mol. The molecule has 2 fully saturated rings. The molecule has 67 heavy (non-hydrogen) atoms. The molecule has 1 saturated carbocycles. The Hall–Kier alpha value is -7.08. The van der Waals surface area contributed by atoms with Gasteiger partial charge in [-0.15, -0.1) is 23.1 Å². The molecule has 3 aromatic heterocycles. The average molecular weight is 949 g/mol.